The van der Waals surface area contributed by atoms with E-state index in [1.807, 2.05) is 48.2 Å². The third-order valence-corrected chi connectivity index (χ3v) is 6.74. The van der Waals surface area contributed by atoms with Gasteiger partial charge in [-0.3, -0.25) is 14.7 Å². The number of hydrogen-bond donors (Lipinski definition) is 2. The van der Waals surface area contributed by atoms with Crippen LogP contribution in [0, 0.1) is 11.3 Å². The molecule has 0 bridgehead atoms. The number of carbonyl (C=O) groups is 1. The molecule has 0 spiro atoms. The maximum absolute atomic E-state index is 14.2. The van der Waals surface area contributed by atoms with Crippen molar-refractivity contribution < 1.29 is 18.3 Å². The molecular formula is C27H20F2N8O2. The highest BCUT2D eigenvalue weighted by Crippen LogP contribution is 2.54. The first-order valence-corrected chi connectivity index (χ1v) is 11.8. The molecule has 39 heavy (non-hydrogen) atoms. The Hall–Kier alpha value is -5.31. The molecule has 0 radical (unpaired) electrons. The van der Waals surface area contributed by atoms with E-state index in [2.05, 4.69) is 31.1 Å². The summed E-state index contributed by atoms with van der Waals surface area (Å²) in [5.41, 5.74) is 7.68. The number of nitrogen functional groups attached to an aromatic ring is 1. The molecule has 2 aromatic carbocycles. The van der Waals surface area contributed by atoms with Gasteiger partial charge in [0.2, 0.25) is 5.95 Å². The molecule has 10 nitrogen and oxygen atoms in total. The van der Waals surface area contributed by atoms with Crippen molar-refractivity contribution in [3.8, 4) is 22.9 Å². The number of hydrogen-bond acceptors (Lipinski definition) is 9. The number of benzene rings is 2. The summed E-state index contributed by atoms with van der Waals surface area (Å²) in [4.78, 5) is 30.0. The fourth-order valence-electron chi connectivity index (χ4n) is 5.08. The summed E-state index contributed by atoms with van der Waals surface area (Å²) in [5, 5.41) is 12.9. The Balaban J connectivity index is 1.50. The molecule has 194 valence electrons. The van der Waals surface area contributed by atoms with Crippen LogP contribution in [0.5, 0.6) is 5.75 Å². The number of amides is 1. The summed E-state index contributed by atoms with van der Waals surface area (Å²) in [7, 11) is 0. The standard InChI is InChI=1S/C27H20F2N8O2/c1-27(35-22-16(11-30)13-33-26(31)34-22)24-36(17-6-3-2-4-7-17)23(38)21-19(8-5-9-20(21)37(24)27)15-10-18(14-32-12-15)39-25(28)29/h2-10,12-14,24-25H,1H3,(H3,31,33,34,35)/t24?,27-,37?/m0/s1. The van der Waals surface area contributed by atoms with Crippen LogP contribution in [0.15, 0.2) is 73.2 Å². The fourth-order valence-corrected chi connectivity index (χ4v) is 5.08. The Kier molecular flexibility index (Phi) is 5.50. The quantitative estimate of drug-likeness (QED) is 0.354. The second kappa shape index (κ2) is 8.91. The van der Waals surface area contributed by atoms with Gasteiger partial charge in [0, 0.05) is 17.4 Å². The number of aromatic nitrogens is 3. The average molecular weight is 527 g/mol. The lowest BCUT2D eigenvalue weighted by molar-refractivity contribution is -0.0500. The van der Waals surface area contributed by atoms with Crippen LogP contribution in [-0.4, -0.2) is 39.3 Å². The van der Waals surface area contributed by atoms with Crippen molar-refractivity contribution in [2.75, 3.05) is 20.9 Å². The van der Waals surface area contributed by atoms with Gasteiger partial charge in [0.1, 0.15) is 17.4 Å². The van der Waals surface area contributed by atoms with Crippen LogP contribution in [-0.2, 0) is 0 Å². The van der Waals surface area contributed by atoms with Crippen molar-refractivity contribution in [3.05, 3.63) is 84.3 Å². The van der Waals surface area contributed by atoms with Gasteiger partial charge in [-0.25, -0.2) is 4.98 Å². The van der Waals surface area contributed by atoms with Crippen molar-refractivity contribution in [3.63, 3.8) is 0 Å². The molecule has 6 rings (SSSR count). The molecule has 2 aliphatic rings. The number of halogens is 2. The van der Waals surface area contributed by atoms with Gasteiger partial charge >= 0.3 is 6.61 Å². The molecule has 1 fully saturated rings. The zero-order chi connectivity index (χ0) is 27.3. The number of nitrogens with two attached hydrogens (primary N) is 1. The number of nitrogens with one attached hydrogen (secondary N) is 1. The Labute approximate surface area is 221 Å². The van der Waals surface area contributed by atoms with Crippen LogP contribution < -0.4 is 25.6 Å². The van der Waals surface area contributed by atoms with Gasteiger partial charge in [-0.1, -0.05) is 30.3 Å². The van der Waals surface area contributed by atoms with Crippen molar-refractivity contribution in [1.82, 2.24) is 15.0 Å². The SMILES string of the molecule is C[C@@]1(Nc2nc(N)ncc2C#N)C2N(c3ccccc3)C(=O)c3c(-c4cncc(OC(F)F)c4)cccc3N21. The Bertz CT molecular complexity index is 1640. The van der Waals surface area contributed by atoms with Crippen molar-refractivity contribution in [1.29, 1.82) is 5.26 Å². The average Bonchev–Trinajstić information content (AvgIpc) is 3.52. The molecule has 12 heteroatoms. The Morgan fingerprint density at radius 2 is 1.95 bits per heavy atom. The van der Waals surface area contributed by atoms with Crippen LogP contribution in [0.2, 0.25) is 0 Å². The lowest BCUT2D eigenvalue weighted by Gasteiger charge is -2.29. The van der Waals surface area contributed by atoms with Crippen molar-refractivity contribution in [2.45, 2.75) is 25.4 Å². The predicted molar refractivity (Wildman–Crippen MR) is 139 cm³/mol. The van der Waals surface area contributed by atoms with Crippen LogP contribution in [0.4, 0.5) is 31.9 Å². The maximum atomic E-state index is 14.2. The monoisotopic (exact) mass is 526 g/mol. The van der Waals surface area contributed by atoms with Gasteiger partial charge in [-0.05, 0) is 36.8 Å². The lowest BCUT2D eigenvalue weighted by Crippen LogP contribution is -2.41. The normalized spacial score (nSPS) is 19.3. The summed E-state index contributed by atoms with van der Waals surface area (Å²) in [5.74, 6) is -0.178. The minimum atomic E-state index is -3.01. The number of anilines is 4. The number of ether oxygens (including phenoxy) is 1. The van der Waals surface area contributed by atoms with Crippen LogP contribution >= 0.6 is 0 Å². The van der Waals surface area contributed by atoms with Crippen LogP contribution in [0.1, 0.15) is 22.8 Å². The molecule has 1 unspecified atom stereocenters. The Morgan fingerprint density at radius 1 is 1.15 bits per heavy atom. The fraction of sp³-hybridized carbons (Fsp3) is 0.148. The summed E-state index contributed by atoms with van der Waals surface area (Å²) in [6.07, 6.45) is 3.53. The largest absolute Gasteiger partial charge is 0.433 e. The molecule has 2 aliphatic heterocycles. The number of rotatable bonds is 6. The molecule has 4 aromatic rings. The molecule has 3 N–H and O–H groups in total. The van der Waals surface area contributed by atoms with Crippen LogP contribution in [0.25, 0.3) is 11.1 Å². The number of alkyl halides is 2. The lowest BCUT2D eigenvalue weighted by atomic mass is 9.97. The second-order valence-electron chi connectivity index (χ2n) is 9.12. The summed E-state index contributed by atoms with van der Waals surface area (Å²) in [6, 6.07) is 18.0. The summed E-state index contributed by atoms with van der Waals surface area (Å²) >= 11 is 0. The van der Waals surface area contributed by atoms with Gasteiger partial charge < -0.3 is 20.7 Å². The number of fused-ring (bicyclic) bond motifs is 3. The third-order valence-electron chi connectivity index (χ3n) is 6.74. The van der Waals surface area contributed by atoms with E-state index in [9.17, 15) is 18.8 Å². The number of pyridine rings is 1. The number of nitrogens with zero attached hydrogens (tertiary/aromatic N) is 6. The molecule has 4 heterocycles. The second-order valence-corrected chi connectivity index (χ2v) is 9.12. The van der Waals surface area contributed by atoms with Gasteiger partial charge in [0.25, 0.3) is 5.91 Å². The molecule has 2 atom stereocenters. The van der Waals surface area contributed by atoms with E-state index in [0.717, 1.165) is 0 Å². The van der Waals surface area contributed by atoms with E-state index in [1.165, 1.54) is 24.7 Å². The van der Waals surface area contributed by atoms with Gasteiger partial charge in [-0.15, -0.1) is 0 Å². The molecule has 1 saturated heterocycles. The first-order chi connectivity index (χ1) is 18.8. The van der Waals surface area contributed by atoms with Crippen molar-refractivity contribution in [2.24, 2.45) is 0 Å². The smallest absolute Gasteiger partial charge is 0.387 e. The van der Waals surface area contributed by atoms with E-state index in [4.69, 9.17) is 5.73 Å². The van der Waals surface area contributed by atoms with Gasteiger partial charge in [-0.2, -0.15) is 19.0 Å². The maximum Gasteiger partial charge on any atom is 0.387 e. The highest BCUT2D eigenvalue weighted by Gasteiger charge is 2.68. The number of nitriles is 1. The molecule has 1 amide bonds. The van der Waals surface area contributed by atoms with Gasteiger partial charge in [0.15, 0.2) is 17.6 Å². The minimum absolute atomic E-state index is 0.00389. The molecular weight excluding hydrogens is 506 g/mol. The molecule has 0 saturated carbocycles. The molecule has 0 aliphatic carbocycles. The summed E-state index contributed by atoms with van der Waals surface area (Å²) in [6.45, 7) is -1.12. The number of carbonyl (C=O) groups excluding carboxylic acids is 1. The topological polar surface area (TPSA) is 133 Å². The first kappa shape index (κ1) is 24.1. The first-order valence-electron chi connectivity index (χ1n) is 11.8. The zero-order valence-corrected chi connectivity index (χ0v) is 20.4. The van der Waals surface area contributed by atoms with E-state index in [1.54, 1.807) is 17.0 Å². The predicted octanol–water partition coefficient (Wildman–Crippen LogP) is 4.23. The van der Waals surface area contributed by atoms with Gasteiger partial charge in [0.05, 0.1) is 23.6 Å². The number of para-hydroxylation sites is 1. The summed E-state index contributed by atoms with van der Waals surface area (Å²) < 4.78 is 30.3. The minimum Gasteiger partial charge on any atom is -0.433 e. The zero-order valence-electron chi connectivity index (χ0n) is 20.4. The van der Waals surface area contributed by atoms with E-state index in [-0.39, 0.29) is 29.0 Å². The van der Waals surface area contributed by atoms with E-state index in [0.29, 0.717) is 28.1 Å². The van der Waals surface area contributed by atoms with E-state index < -0.39 is 18.4 Å². The Morgan fingerprint density at radius 3 is 2.69 bits per heavy atom. The highest BCUT2D eigenvalue weighted by atomic mass is 19.3. The third kappa shape index (κ3) is 3.91. The molecule has 2 aromatic heterocycles. The van der Waals surface area contributed by atoms with E-state index >= 15 is 0 Å². The highest BCUT2D eigenvalue weighted by molar-refractivity contribution is 6.18. The van der Waals surface area contributed by atoms with Crippen LogP contribution in [0.3, 0.4) is 0 Å². The van der Waals surface area contributed by atoms with Crippen molar-refractivity contribution >= 4 is 29.0 Å².